The van der Waals surface area contributed by atoms with E-state index in [-0.39, 0.29) is 11.9 Å². The molecule has 6 nitrogen and oxygen atoms in total. The molecule has 4 rings (SSSR count). The van der Waals surface area contributed by atoms with Gasteiger partial charge in [0, 0.05) is 24.4 Å². The SMILES string of the molecule is O=C(NC(Cc1ncc[nH]1)c1ccccc1)c1ccc2c(c1)OCCO2. The number of rotatable bonds is 5. The number of amides is 1. The summed E-state index contributed by atoms with van der Waals surface area (Å²) < 4.78 is 11.1. The van der Waals surface area contributed by atoms with Crippen molar-refractivity contribution in [3.8, 4) is 11.5 Å². The van der Waals surface area contributed by atoms with Crippen molar-refractivity contribution in [1.29, 1.82) is 0 Å². The second kappa shape index (κ2) is 7.31. The first-order valence-electron chi connectivity index (χ1n) is 8.53. The highest BCUT2D eigenvalue weighted by molar-refractivity contribution is 5.95. The normalized spacial score (nSPS) is 13.8. The number of nitrogens with one attached hydrogen (secondary N) is 2. The highest BCUT2D eigenvalue weighted by Crippen LogP contribution is 2.31. The Morgan fingerprint density at radius 2 is 1.92 bits per heavy atom. The Labute approximate surface area is 151 Å². The molecule has 0 radical (unpaired) electrons. The number of hydrogen-bond donors (Lipinski definition) is 2. The average Bonchev–Trinajstić information content (AvgIpc) is 3.21. The number of benzene rings is 2. The number of fused-ring (bicyclic) bond motifs is 1. The van der Waals surface area contributed by atoms with E-state index in [2.05, 4.69) is 15.3 Å². The van der Waals surface area contributed by atoms with Gasteiger partial charge in [0.15, 0.2) is 11.5 Å². The van der Waals surface area contributed by atoms with Crippen molar-refractivity contribution in [3.63, 3.8) is 0 Å². The Bertz CT molecular complexity index is 879. The fourth-order valence-electron chi connectivity index (χ4n) is 2.97. The Balaban J connectivity index is 1.56. The van der Waals surface area contributed by atoms with Crippen LogP contribution in [0.2, 0.25) is 0 Å². The van der Waals surface area contributed by atoms with Gasteiger partial charge in [-0.05, 0) is 23.8 Å². The molecule has 3 aromatic rings. The summed E-state index contributed by atoms with van der Waals surface area (Å²) in [6.07, 6.45) is 4.06. The van der Waals surface area contributed by atoms with Crippen LogP contribution in [-0.2, 0) is 6.42 Å². The topological polar surface area (TPSA) is 76.2 Å². The van der Waals surface area contributed by atoms with Crippen LogP contribution < -0.4 is 14.8 Å². The van der Waals surface area contributed by atoms with E-state index < -0.39 is 0 Å². The number of carbonyl (C=O) groups excluding carboxylic acids is 1. The maximum absolute atomic E-state index is 12.8. The third-order valence-corrected chi connectivity index (χ3v) is 4.26. The molecule has 1 amide bonds. The fourth-order valence-corrected chi connectivity index (χ4v) is 2.97. The minimum Gasteiger partial charge on any atom is -0.486 e. The third-order valence-electron chi connectivity index (χ3n) is 4.26. The van der Waals surface area contributed by atoms with Gasteiger partial charge in [0.2, 0.25) is 0 Å². The maximum atomic E-state index is 12.8. The summed E-state index contributed by atoms with van der Waals surface area (Å²) in [7, 11) is 0. The summed E-state index contributed by atoms with van der Waals surface area (Å²) in [6, 6.07) is 14.9. The van der Waals surface area contributed by atoms with Gasteiger partial charge in [-0.2, -0.15) is 0 Å². The van der Waals surface area contributed by atoms with Crippen LogP contribution >= 0.6 is 0 Å². The number of ether oxygens (including phenoxy) is 2. The monoisotopic (exact) mass is 349 g/mol. The zero-order valence-corrected chi connectivity index (χ0v) is 14.1. The minimum absolute atomic E-state index is 0.164. The predicted octanol–water partition coefficient (Wildman–Crippen LogP) is 2.89. The Kier molecular flexibility index (Phi) is 4.55. The second-order valence-electron chi connectivity index (χ2n) is 6.04. The number of imidazole rings is 1. The number of nitrogens with zero attached hydrogens (tertiary/aromatic N) is 1. The molecule has 1 unspecified atom stereocenters. The first-order valence-corrected chi connectivity index (χ1v) is 8.53. The molecule has 0 fully saturated rings. The smallest absolute Gasteiger partial charge is 0.251 e. The van der Waals surface area contributed by atoms with Crippen molar-refractivity contribution >= 4 is 5.91 Å². The zero-order valence-electron chi connectivity index (χ0n) is 14.1. The number of aromatic amines is 1. The van der Waals surface area contributed by atoms with Gasteiger partial charge in [0.25, 0.3) is 5.91 Å². The van der Waals surface area contributed by atoms with Gasteiger partial charge in [-0.3, -0.25) is 4.79 Å². The third kappa shape index (κ3) is 3.54. The van der Waals surface area contributed by atoms with Gasteiger partial charge >= 0.3 is 0 Å². The van der Waals surface area contributed by atoms with Crippen molar-refractivity contribution in [2.45, 2.75) is 12.5 Å². The molecule has 2 aromatic carbocycles. The molecule has 2 heterocycles. The first kappa shape index (κ1) is 16.2. The van der Waals surface area contributed by atoms with Gasteiger partial charge in [0.05, 0.1) is 6.04 Å². The molecule has 0 aliphatic carbocycles. The molecule has 0 spiro atoms. The molecular formula is C20H19N3O3. The Morgan fingerprint density at radius 1 is 1.12 bits per heavy atom. The average molecular weight is 349 g/mol. The van der Waals surface area contributed by atoms with Crippen LogP contribution in [0.4, 0.5) is 0 Å². The molecule has 2 N–H and O–H groups in total. The Morgan fingerprint density at radius 3 is 2.69 bits per heavy atom. The summed E-state index contributed by atoms with van der Waals surface area (Å²) in [5.41, 5.74) is 1.56. The summed E-state index contributed by atoms with van der Waals surface area (Å²) in [5.74, 6) is 1.93. The molecule has 0 bridgehead atoms. The predicted molar refractivity (Wildman–Crippen MR) is 96.4 cm³/mol. The lowest BCUT2D eigenvalue weighted by molar-refractivity contribution is 0.0935. The fraction of sp³-hybridized carbons (Fsp3) is 0.200. The molecule has 1 aliphatic heterocycles. The van der Waals surface area contributed by atoms with Crippen molar-refractivity contribution in [1.82, 2.24) is 15.3 Å². The largest absolute Gasteiger partial charge is 0.486 e. The van der Waals surface area contributed by atoms with E-state index >= 15 is 0 Å². The van der Waals surface area contributed by atoms with Gasteiger partial charge in [0.1, 0.15) is 19.0 Å². The van der Waals surface area contributed by atoms with E-state index in [1.165, 1.54) is 0 Å². The number of H-pyrrole nitrogens is 1. The number of carbonyl (C=O) groups is 1. The van der Waals surface area contributed by atoms with Crippen LogP contribution in [0, 0.1) is 0 Å². The van der Waals surface area contributed by atoms with Gasteiger partial charge < -0.3 is 19.8 Å². The molecule has 0 saturated carbocycles. The van der Waals surface area contributed by atoms with E-state index in [1.807, 2.05) is 30.3 Å². The van der Waals surface area contributed by atoms with Crippen LogP contribution in [0.25, 0.3) is 0 Å². The van der Waals surface area contributed by atoms with Crippen molar-refractivity contribution < 1.29 is 14.3 Å². The Hall–Kier alpha value is -3.28. The van der Waals surface area contributed by atoms with Gasteiger partial charge in [-0.1, -0.05) is 30.3 Å². The summed E-state index contributed by atoms with van der Waals surface area (Å²) >= 11 is 0. The molecule has 1 aromatic heterocycles. The quantitative estimate of drug-likeness (QED) is 0.743. The van der Waals surface area contributed by atoms with E-state index in [0.717, 1.165) is 11.4 Å². The molecule has 1 atom stereocenters. The van der Waals surface area contributed by atoms with E-state index in [1.54, 1.807) is 30.6 Å². The van der Waals surface area contributed by atoms with E-state index in [0.29, 0.717) is 36.7 Å². The molecule has 132 valence electrons. The van der Waals surface area contributed by atoms with Crippen molar-refractivity contribution in [2.75, 3.05) is 13.2 Å². The lowest BCUT2D eigenvalue weighted by atomic mass is 10.0. The van der Waals surface area contributed by atoms with E-state index in [4.69, 9.17) is 9.47 Å². The van der Waals surface area contributed by atoms with Crippen molar-refractivity contribution in [3.05, 3.63) is 77.9 Å². The number of aromatic nitrogens is 2. The molecule has 0 saturated heterocycles. The standard InChI is InChI=1S/C20H19N3O3/c24-20(15-6-7-17-18(12-15)26-11-10-25-17)23-16(13-19-21-8-9-22-19)14-4-2-1-3-5-14/h1-9,12,16H,10-11,13H2,(H,21,22)(H,23,24). The second-order valence-corrected chi connectivity index (χ2v) is 6.04. The maximum Gasteiger partial charge on any atom is 0.251 e. The van der Waals surface area contributed by atoms with Crippen molar-refractivity contribution in [2.24, 2.45) is 0 Å². The van der Waals surface area contributed by atoms with Crippen LogP contribution in [0.5, 0.6) is 11.5 Å². The molecule has 6 heteroatoms. The zero-order chi connectivity index (χ0) is 17.8. The molecule has 26 heavy (non-hydrogen) atoms. The first-order chi connectivity index (χ1) is 12.8. The van der Waals surface area contributed by atoms with Crippen LogP contribution in [0.3, 0.4) is 0 Å². The molecular weight excluding hydrogens is 330 g/mol. The van der Waals surface area contributed by atoms with E-state index in [9.17, 15) is 4.79 Å². The highest BCUT2D eigenvalue weighted by atomic mass is 16.6. The van der Waals surface area contributed by atoms with Gasteiger partial charge in [-0.25, -0.2) is 4.98 Å². The molecule has 1 aliphatic rings. The lowest BCUT2D eigenvalue weighted by Gasteiger charge is -2.21. The van der Waals surface area contributed by atoms with Crippen LogP contribution in [-0.4, -0.2) is 29.1 Å². The highest BCUT2D eigenvalue weighted by Gasteiger charge is 2.19. The van der Waals surface area contributed by atoms with Crippen LogP contribution in [0.1, 0.15) is 27.8 Å². The summed E-state index contributed by atoms with van der Waals surface area (Å²) in [6.45, 7) is 1.01. The summed E-state index contributed by atoms with van der Waals surface area (Å²) in [5, 5.41) is 3.10. The van der Waals surface area contributed by atoms with Crippen LogP contribution in [0.15, 0.2) is 60.9 Å². The minimum atomic E-state index is -0.192. The van der Waals surface area contributed by atoms with Gasteiger partial charge in [-0.15, -0.1) is 0 Å². The number of hydrogen-bond acceptors (Lipinski definition) is 4. The lowest BCUT2D eigenvalue weighted by Crippen LogP contribution is -2.30. The summed E-state index contributed by atoms with van der Waals surface area (Å²) in [4.78, 5) is 20.2.